The maximum Gasteiger partial charge on any atom is 0.338 e. The summed E-state index contributed by atoms with van der Waals surface area (Å²) in [7, 11) is 0. The van der Waals surface area contributed by atoms with Crippen LogP contribution in [-0.2, 0) is 4.74 Å². The van der Waals surface area contributed by atoms with Crippen molar-refractivity contribution in [3.05, 3.63) is 27.7 Å². The number of carbonyl (C=O) groups excluding carboxylic acids is 1. The lowest BCUT2D eigenvalue weighted by Gasteiger charge is -2.12. The van der Waals surface area contributed by atoms with Crippen molar-refractivity contribution in [1.29, 1.82) is 0 Å². The normalized spacial score (nSPS) is 12.2. The van der Waals surface area contributed by atoms with Gasteiger partial charge in [0.15, 0.2) is 0 Å². The number of carbonyl (C=O) groups is 1. The van der Waals surface area contributed by atoms with E-state index >= 15 is 0 Å². The Labute approximate surface area is 109 Å². The van der Waals surface area contributed by atoms with Crippen LogP contribution >= 0.6 is 15.9 Å². The van der Waals surface area contributed by atoms with E-state index in [-0.39, 0.29) is 19.1 Å². The fraction of sp³-hybridized carbons (Fsp3) is 0.417. The number of esters is 1. The van der Waals surface area contributed by atoms with Crippen LogP contribution in [0.5, 0.6) is 0 Å². The number of hydrogen-bond acceptors (Lipinski definition) is 4. The van der Waals surface area contributed by atoms with Crippen molar-refractivity contribution in [2.75, 3.05) is 18.9 Å². The van der Waals surface area contributed by atoms with E-state index in [1.165, 1.54) is 0 Å². The maximum absolute atomic E-state index is 11.8. The smallest absolute Gasteiger partial charge is 0.338 e. The van der Waals surface area contributed by atoms with Crippen LogP contribution in [0.2, 0.25) is 0 Å². The van der Waals surface area contributed by atoms with Gasteiger partial charge in [0.2, 0.25) is 0 Å². The minimum Gasteiger partial charge on any atom is -0.462 e. The Morgan fingerprint density at radius 1 is 1.59 bits per heavy atom. The molecule has 94 valence electrons. The molecule has 1 atom stereocenters. The first kappa shape index (κ1) is 14.0. The lowest BCUT2D eigenvalue weighted by Crippen LogP contribution is -2.15. The fourth-order valence-electron chi connectivity index (χ4n) is 1.26. The van der Waals surface area contributed by atoms with Gasteiger partial charge in [-0.25, -0.2) is 4.79 Å². The molecule has 1 unspecified atom stereocenters. The van der Waals surface area contributed by atoms with Crippen molar-refractivity contribution in [2.45, 2.75) is 13.8 Å². The molecule has 3 N–H and O–H groups in total. The summed E-state index contributed by atoms with van der Waals surface area (Å²) in [6.07, 6.45) is 0. The largest absolute Gasteiger partial charge is 0.462 e. The van der Waals surface area contributed by atoms with Crippen molar-refractivity contribution in [3.63, 3.8) is 0 Å². The van der Waals surface area contributed by atoms with Crippen LogP contribution in [0.15, 0.2) is 16.6 Å². The van der Waals surface area contributed by atoms with Gasteiger partial charge in [-0.2, -0.15) is 0 Å². The van der Waals surface area contributed by atoms with E-state index in [0.717, 1.165) is 4.47 Å². The van der Waals surface area contributed by atoms with Crippen molar-refractivity contribution in [3.8, 4) is 0 Å². The van der Waals surface area contributed by atoms with E-state index in [4.69, 9.17) is 15.6 Å². The van der Waals surface area contributed by atoms with Gasteiger partial charge in [-0.3, -0.25) is 0 Å². The minimum atomic E-state index is -0.421. The minimum absolute atomic E-state index is 0.00706. The summed E-state index contributed by atoms with van der Waals surface area (Å²) >= 11 is 3.28. The number of ether oxygens (including phenoxy) is 1. The molecule has 0 aliphatic heterocycles. The number of rotatable bonds is 4. The summed E-state index contributed by atoms with van der Waals surface area (Å²) in [4.78, 5) is 11.8. The Kier molecular flexibility index (Phi) is 4.96. The highest BCUT2D eigenvalue weighted by Gasteiger charge is 2.14. The van der Waals surface area contributed by atoms with Crippen molar-refractivity contribution in [1.82, 2.24) is 0 Å². The highest BCUT2D eigenvalue weighted by atomic mass is 79.9. The highest BCUT2D eigenvalue weighted by molar-refractivity contribution is 9.10. The van der Waals surface area contributed by atoms with E-state index in [1.807, 2.05) is 0 Å². The molecule has 0 saturated heterocycles. The van der Waals surface area contributed by atoms with E-state index in [9.17, 15) is 4.79 Å². The van der Waals surface area contributed by atoms with Crippen LogP contribution < -0.4 is 5.73 Å². The Hall–Kier alpha value is -1.07. The number of aliphatic hydroxyl groups is 1. The summed E-state index contributed by atoms with van der Waals surface area (Å²) in [5.41, 5.74) is 7.46. The molecular formula is C12H16BrNO3. The number of halogens is 1. The molecule has 0 aliphatic carbocycles. The number of nitrogens with two attached hydrogens (primary N) is 1. The van der Waals surface area contributed by atoms with Gasteiger partial charge in [-0.05, 0) is 24.6 Å². The predicted octanol–water partition coefficient (Wildman–Crippen LogP) is 2.12. The molecule has 0 radical (unpaired) electrons. The Morgan fingerprint density at radius 2 is 2.24 bits per heavy atom. The quantitative estimate of drug-likeness (QED) is 0.660. The highest BCUT2D eigenvalue weighted by Crippen LogP contribution is 2.23. The summed E-state index contributed by atoms with van der Waals surface area (Å²) in [6, 6.07) is 3.42. The lowest BCUT2D eigenvalue weighted by molar-refractivity contribution is 0.0404. The number of aliphatic hydroxyl groups excluding tert-OH is 1. The summed E-state index contributed by atoms with van der Waals surface area (Å²) in [6.45, 7) is 3.76. The van der Waals surface area contributed by atoms with Crippen LogP contribution in [0, 0.1) is 12.8 Å². The average Bonchev–Trinajstić information content (AvgIpc) is 2.30. The maximum atomic E-state index is 11.8. The molecule has 0 amide bonds. The van der Waals surface area contributed by atoms with E-state index in [0.29, 0.717) is 16.8 Å². The predicted molar refractivity (Wildman–Crippen MR) is 69.8 cm³/mol. The van der Waals surface area contributed by atoms with Crippen LogP contribution in [0.1, 0.15) is 22.8 Å². The molecular weight excluding hydrogens is 286 g/mol. The third kappa shape index (κ3) is 3.71. The SMILES string of the molecule is Cc1c(N)cc(Br)cc1C(=O)OCC(C)CO. The zero-order valence-electron chi connectivity index (χ0n) is 9.87. The topological polar surface area (TPSA) is 72.6 Å². The summed E-state index contributed by atoms with van der Waals surface area (Å²) < 4.78 is 5.83. The molecule has 0 saturated carbocycles. The third-order valence-corrected chi connectivity index (χ3v) is 2.90. The standard InChI is InChI=1S/C12H16BrNO3/c1-7(5-15)6-17-12(16)10-3-9(13)4-11(14)8(10)2/h3-4,7,15H,5-6,14H2,1-2H3. The number of nitrogen functional groups attached to an aromatic ring is 1. The van der Waals surface area contributed by atoms with Crippen LogP contribution in [-0.4, -0.2) is 24.3 Å². The zero-order chi connectivity index (χ0) is 13.0. The molecule has 0 fully saturated rings. The summed E-state index contributed by atoms with van der Waals surface area (Å²) in [5.74, 6) is -0.487. The fourth-order valence-corrected chi connectivity index (χ4v) is 1.74. The van der Waals surface area contributed by atoms with Gasteiger partial charge >= 0.3 is 5.97 Å². The van der Waals surface area contributed by atoms with E-state index < -0.39 is 5.97 Å². The van der Waals surface area contributed by atoms with Crippen molar-refractivity contribution < 1.29 is 14.6 Å². The molecule has 0 heterocycles. The molecule has 4 nitrogen and oxygen atoms in total. The van der Waals surface area contributed by atoms with Gasteiger partial charge in [0.05, 0.1) is 12.2 Å². The van der Waals surface area contributed by atoms with Gasteiger partial charge in [0, 0.05) is 22.7 Å². The van der Waals surface area contributed by atoms with Gasteiger partial charge in [-0.15, -0.1) is 0 Å². The van der Waals surface area contributed by atoms with Gasteiger partial charge in [-0.1, -0.05) is 22.9 Å². The van der Waals surface area contributed by atoms with Gasteiger partial charge in [0.1, 0.15) is 0 Å². The van der Waals surface area contributed by atoms with Gasteiger partial charge in [0.25, 0.3) is 0 Å². The third-order valence-electron chi connectivity index (χ3n) is 2.44. The second-order valence-corrected chi connectivity index (χ2v) is 4.97. The first-order valence-electron chi connectivity index (χ1n) is 5.29. The Balaban J connectivity index is 2.82. The van der Waals surface area contributed by atoms with E-state index in [2.05, 4.69) is 15.9 Å². The van der Waals surface area contributed by atoms with E-state index in [1.54, 1.807) is 26.0 Å². The zero-order valence-corrected chi connectivity index (χ0v) is 11.5. The number of benzene rings is 1. The monoisotopic (exact) mass is 301 g/mol. The first-order valence-corrected chi connectivity index (χ1v) is 6.08. The number of anilines is 1. The van der Waals surface area contributed by atoms with Crippen molar-refractivity contribution in [2.24, 2.45) is 5.92 Å². The molecule has 0 spiro atoms. The molecule has 0 aliphatic rings. The average molecular weight is 302 g/mol. The molecule has 0 aromatic heterocycles. The molecule has 1 rings (SSSR count). The summed E-state index contributed by atoms with van der Waals surface area (Å²) in [5, 5.41) is 8.84. The molecule has 1 aromatic rings. The molecule has 17 heavy (non-hydrogen) atoms. The second-order valence-electron chi connectivity index (χ2n) is 4.05. The van der Waals surface area contributed by atoms with Crippen LogP contribution in [0.3, 0.4) is 0 Å². The van der Waals surface area contributed by atoms with Gasteiger partial charge < -0.3 is 15.6 Å². The van der Waals surface area contributed by atoms with Crippen LogP contribution in [0.4, 0.5) is 5.69 Å². The molecule has 1 aromatic carbocycles. The molecule has 0 bridgehead atoms. The lowest BCUT2D eigenvalue weighted by atomic mass is 10.1. The number of hydrogen-bond donors (Lipinski definition) is 2. The van der Waals surface area contributed by atoms with Crippen LogP contribution in [0.25, 0.3) is 0 Å². The first-order chi connectivity index (χ1) is 7.95. The van der Waals surface area contributed by atoms with Crippen molar-refractivity contribution >= 4 is 27.6 Å². The second kappa shape index (κ2) is 6.02. The molecule has 5 heteroatoms. The Morgan fingerprint density at radius 3 is 2.82 bits per heavy atom. The Bertz CT molecular complexity index is 420.